The molecule has 86 valence electrons. The van der Waals surface area contributed by atoms with Crippen molar-refractivity contribution in [3.63, 3.8) is 0 Å². The first-order valence-electron chi connectivity index (χ1n) is 6.85. The molecule has 1 aliphatic rings. The molecule has 0 unspecified atom stereocenters. The van der Waals surface area contributed by atoms with Crippen molar-refractivity contribution in [2.75, 3.05) is 0 Å². The molecular weight excluding hydrogens is 201 g/mol. The Bertz CT molecular complexity index is 472. The molecule has 0 aromatic carbocycles. The maximum atomic E-state index is 7.56. The third-order valence-corrected chi connectivity index (χ3v) is 3.36. The highest BCUT2D eigenvalue weighted by Crippen LogP contribution is 2.36. The van der Waals surface area contributed by atoms with E-state index in [-0.39, 0.29) is 5.56 Å². The van der Waals surface area contributed by atoms with Crippen molar-refractivity contribution >= 4 is 12.6 Å². The molecule has 4 heteroatoms. The molecule has 0 radical (unpaired) electrons. The molecular formula is C12H18BNO2. The molecule has 0 atom stereocenters. The first kappa shape index (κ1) is 8.26. The minimum absolute atomic E-state index is 0.175. The number of hydrogen-bond acceptors (Lipinski definition) is 3. The normalized spacial score (nSPS) is 26.0. The Morgan fingerprint density at radius 2 is 1.88 bits per heavy atom. The van der Waals surface area contributed by atoms with Crippen molar-refractivity contribution in [1.82, 2.24) is 4.98 Å². The van der Waals surface area contributed by atoms with Crippen LogP contribution >= 0.6 is 0 Å². The van der Waals surface area contributed by atoms with Crippen LogP contribution in [0, 0.1) is 6.85 Å². The third kappa shape index (κ3) is 1.76. The second-order valence-corrected chi connectivity index (χ2v) is 5.05. The van der Waals surface area contributed by atoms with Gasteiger partial charge >= 0.3 is 7.12 Å². The zero-order valence-electron chi connectivity index (χ0n) is 13.1. The molecule has 3 nitrogen and oxygen atoms in total. The molecule has 0 aliphatic carbocycles. The van der Waals surface area contributed by atoms with E-state index in [0.717, 1.165) is 0 Å². The van der Waals surface area contributed by atoms with Gasteiger partial charge < -0.3 is 9.31 Å². The van der Waals surface area contributed by atoms with E-state index >= 15 is 0 Å². The van der Waals surface area contributed by atoms with Gasteiger partial charge in [0.1, 0.15) is 0 Å². The predicted octanol–water partition coefficient (Wildman–Crippen LogP) is 1.69. The highest BCUT2D eigenvalue weighted by molar-refractivity contribution is 6.62. The first-order valence-corrected chi connectivity index (χ1v) is 5.35. The van der Waals surface area contributed by atoms with Crippen LogP contribution in [0.15, 0.2) is 18.5 Å². The van der Waals surface area contributed by atoms with E-state index in [9.17, 15) is 0 Å². The molecule has 1 aliphatic heterocycles. The maximum absolute atomic E-state index is 7.56. The van der Waals surface area contributed by atoms with Crippen LogP contribution in [0.1, 0.15) is 37.4 Å². The summed E-state index contributed by atoms with van der Waals surface area (Å²) in [5, 5.41) is 0. The summed E-state index contributed by atoms with van der Waals surface area (Å²) in [7, 11) is -0.677. The van der Waals surface area contributed by atoms with E-state index in [1.54, 1.807) is 12.3 Å². The van der Waals surface area contributed by atoms with Crippen LogP contribution in [-0.2, 0) is 9.31 Å². The second kappa shape index (κ2) is 3.57. The zero-order valence-corrected chi connectivity index (χ0v) is 10.1. The van der Waals surface area contributed by atoms with Crippen molar-refractivity contribution in [1.29, 1.82) is 0 Å². The molecule has 0 saturated carbocycles. The summed E-state index contributed by atoms with van der Waals surface area (Å²) in [5.41, 5.74) is -0.290. The van der Waals surface area contributed by atoms with E-state index in [2.05, 4.69) is 4.98 Å². The quantitative estimate of drug-likeness (QED) is 0.677. The molecule has 16 heavy (non-hydrogen) atoms. The van der Waals surface area contributed by atoms with E-state index in [0.29, 0.717) is 5.46 Å². The fourth-order valence-corrected chi connectivity index (χ4v) is 1.58. The minimum atomic E-state index is -2.23. The lowest BCUT2D eigenvalue weighted by Gasteiger charge is -2.32. The average molecular weight is 222 g/mol. The smallest absolute Gasteiger partial charge is 0.399 e. The topological polar surface area (TPSA) is 31.4 Å². The predicted molar refractivity (Wildman–Crippen MR) is 64.7 cm³/mol. The van der Waals surface area contributed by atoms with Crippen molar-refractivity contribution in [3.05, 3.63) is 24.0 Å². The Morgan fingerprint density at radius 3 is 2.44 bits per heavy atom. The van der Waals surface area contributed by atoms with Crippen LogP contribution in [0.3, 0.4) is 0 Å². The standard InChI is InChI=1S/C12H18BNO2/c1-9-8-14-7-6-10(9)13-15-11(2,3)12(4,5)16-13/h6-8H,1-5H3/i1D3. The van der Waals surface area contributed by atoms with Crippen molar-refractivity contribution in [3.8, 4) is 0 Å². The molecule has 2 heterocycles. The number of pyridine rings is 1. The SMILES string of the molecule is [2H]C([2H])([2H])c1cnccc1B1OC(C)(C)C(C)(C)O1. The molecule has 1 aromatic rings. The van der Waals surface area contributed by atoms with Crippen LogP contribution in [0.2, 0.25) is 0 Å². The summed E-state index contributed by atoms with van der Waals surface area (Å²) in [6.07, 6.45) is 2.91. The number of aromatic nitrogens is 1. The number of aryl methyl sites for hydroxylation is 1. The lowest BCUT2D eigenvalue weighted by atomic mass is 9.77. The van der Waals surface area contributed by atoms with Crippen LogP contribution < -0.4 is 5.46 Å². The monoisotopic (exact) mass is 222 g/mol. The number of rotatable bonds is 1. The summed E-state index contributed by atoms with van der Waals surface area (Å²) >= 11 is 0. The highest BCUT2D eigenvalue weighted by atomic mass is 16.7. The van der Waals surface area contributed by atoms with Gasteiger partial charge in [0.2, 0.25) is 0 Å². The minimum Gasteiger partial charge on any atom is -0.399 e. The van der Waals surface area contributed by atoms with E-state index in [1.165, 1.54) is 6.20 Å². The lowest BCUT2D eigenvalue weighted by molar-refractivity contribution is 0.00578. The van der Waals surface area contributed by atoms with E-state index in [4.69, 9.17) is 13.4 Å². The third-order valence-electron chi connectivity index (χ3n) is 3.36. The highest BCUT2D eigenvalue weighted by Gasteiger charge is 2.51. The first-order chi connectivity index (χ1) is 8.55. The zero-order chi connectivity index (χ0) is 14.5. The summed E-state index contributed by atoms with van der Waals surface area (Å²) in [6.45, 7) is 5.51. The summed E-state index contributed by atoms with van der Waals surface area (Å²) in [5.74, 6) is 0. The van der Waals surface area contributed by atoms with Gasteiger partial charge in [-0.3, -0.25) is 4.98 Å². The Labute approximate surface area is 102 Å². The Hall–Kier alpha value is -0.865. The van der Waals surface area contributed by atoms with Gasteiger partial charge in [-0.2, -0.15) is 0 Å². The molecule has 2 rings (SSSR count). The van der Waals surface area contributed by atoms with Gasteiger partial charge in [0, 0.05) is 16.5 Å². The van der Waals surface area contributed by atoms with Gasteiger partial charge in [0.15, 0.2) is 0 Å². The molecule has 0 amide bonds. The van der Waals surface area contributed by atoms with Crippen molar-refractivity contribution in [2.45, 2.75) is 45.7 Å². The van der Waals surface area contributed by atoms with Crippen LogP contribution in [0.5, 0.6) is 0 Å². The molecule has 0 spiro atoms. The summed E-state index contributed by atoms with van der Waals surface area (Å²) in [6, 6.07) is 1.64. The lowest BCUT2D eigenvalue weighted by Crippen LogP contribution is -2.41. The van der Waals surface area contributed by atoms with Gasteiger partial charge in [0.25, 0.3) is 0 Å². The van der Waals surface area contributed by atoms with Gasteiger partial charge in [0.05, 0.1) is 11.2 Å². The van der Waals surface area contributed by atoms with Crippen LogP contribution in [0.25, 0.3) is 0 Å². The second-order valence-electron chi connectivity index (χ2n) is 5.05. The summed E-state index contributed by atoms with van der Waals surface area (Å²) in [4.78, 5) is 3.88. The Balaban J connectivity index is 2.41. The molecule has 1 aromatic heterocycles. The number of hydrogen-bond donors (Lipinski definition) is 0. The number of nitrogens with zero attached hydrogens (tertiary/aromatic N) is 1. The maximum Gasteiger partial charge on any atom is 0.495 e. The Morgan fingerprint density at radius 1 is 1.25 bits per heavy atom. The van der Waals surface area contributed by atoms with Gasteiger partial charge in [-0.25, -0.2) is 0 Å². The van der Waals surface area contributed by atoms with Crippen LogP contribution in [0.4, 0.5) is 0 Å². The summed E-state index contributed by atoms with van der Waals surface area (Å²) < 4.78 is 34.4. The van der Waals surface area contributed by atoms with E-state index < -0.39 is 25.2 Å². The average Bonchev–Trinajstić information content (AvgIpc) is 2.47. The van der Waals surface area contributed by atoms with E-state index in [1.807, 2.05) is 27.7 Å². The Kier molecular flexibility index (Phi) is 1.84. The molecule has 1 fully saturated rings. The largest absolute Gasteiger partial charge is 0.495 e. The molecule has 0 N–H and O–H groups in total. The van der Waals surface area contributed by atoms with Gasteiger partial charge in [-0.15, -0.1) is 0 Å². The molecule has 0 bridgehead atoms. The fourth-order valence-electron chi connectivity index (χ4n) is 1.58. The van der Waals surface area contributed by atoms with Gasteiger partial charge in [-0.05, 0) is 51.6 Å². The van der Waals surface area contributed by atoms with Crippen LogP contribution in [-0.4, -0.2) is 23.3 Å². The van der Waals surface area contributed by atoms with Crippen molar-refractivity contribution < 1.29 is 13.4 Å². The molecule has 1 saturated heterocycles. The van der Waals surface area contributed by atoms with Crippen molar-refractivity contribution in [2.24, 2.45) is 0 Å². The van der Waals surface area contributed by atoms with Gasteiger partial charge in [-0.1, -0.05) is 0 Å². The fraction of sp³-hybridized carbons (Fsp3) is 0.583.